The van der Waals surface area contributed by atoms with Gasteiger partial charge in [0.25, 0.3) is 0 Å². The largest absolute Gasteiger partial charge is 2.00 e. The number of carbonyl (C=O) groups excluding carboxylic acids is 1. The summed E-state index contributed by atoms with van der Waals surface area (Å²) in [6.45, 7) is 0. The normalized spacial score (nSPS) is 10.4. The number of phosphoric acid groups is 1. The second-order valence-corrected chi connectivity index (χ2v) is 3.44. The van der Waals surface area contributed by atoms with Gasteiger partial charge in [0.05, 0.1) is 0 Å². The average Bonchev–Trinajstić information content (AvgIpc) is 1.77. The average molecular weight is 292 g/mol. The van der Waals surface area contributed by atoms with Crippen molar-refractivity contribution in [3.8, 4) is 0 Å². The predicted molar refractivity (Wildman–Crippen MR) is 42.1 cm³/mol. The van der Waals surface area contributed by atoms with Crippen LogP contribution in [0.2, 0.25) is 0 Å². The Bertz CT molecular complexity index is 311. The van der Waals surface area contributed by atoms with E-state index in [2.05, 4.69) is 10.4 Å². The van der Waals surface area contributed by atoms with E-state index in [9.17, 15) is 9.36 Å². The van der Waals surface area contributed by atoms with Crippen LogP contribution in [-0.2, 0) is 19.6 Å². The van der Waals surface area contributed by atoms with Gasteiger partial charge in [0.15, 0.2) is 0 Å². The molecule has 0 rings (SSSR count). The zero-order valence-corrected chi connectivity index (χ0v) is 10.8. The molecule has 0 aromatic rings. The van der Waals surface area contributed by atoms with E-state index in [0.29, 0.717) is 0 Å². The summed E-state index contributed by atoms with van der Waals surface area (Å²) in [4.78, 5) is 25.5. The summed E-state index contributed by atoms with van der Waals surface area (Å²) in [5, 5.41) is 0. The van der Waals surface area contributed by atoms with Crippen LogP contribution in [-0.4, -0.2) is 71.1 Å². The van der Waals surface area contributed by atoms with Crippen molar-refractivity contribution in [1.82, 2.24) is 5.48 Å². The Morgan fingerprint density at radius 1 is 1.40 bits per heavy atom. The molecule has 0 saturated heterocycles. The van der Waals surface area contributed by atoms with Crippen molar-refractivity contribution in [1.29, 1.82) is 0 Å². The maximum absolute atomic E-state index is 9.74. The first-order valence-electron chi connectivity index (χ1n) is 2.38. The number of amides is 2. The maximum atomic E-state index is 9.74. The minimum absolute atomic E-state index is 0. The third-order valence-corrected chi connectivity index (χ3v) is 0.594. The molecule has 0 bridgehead atoms. The van der Waals surface area contributed by atoms with Crippen LogP contribution in [0.15, 0.2) is 0 Å². The van der Waals surface area contributed by atoms with Gasteiger partial charge in [-0.3, -0.25) is 8.42 Å². The molecular weight excluding hydrogens is 287 g/mol. The van der Waals surface area contributed by atoms with Crippen LogP contribution < -0.4 is 11.2 Å². The van der Waals surface area contributed by atoms with E-state index in [1.807, 2.05) is 0 Å². The molecule has 0 heterocycles. The number of hydrogen-bond donors (Lipinski definition) is 4. The molecule has 5 N–H and O–H groups in total. The Morgan fingerprint density at radius 3 is 1.73 bits per heavy atom. The van der Waals surface area contributed by atoms with Crippen molar-refractivity contribution in [3.63, 3.8) is 0 Å². The van der Waals surface area contributed by atoms with Crippen LogP contribution in [0.1, 0.15) is 0 Å². The van der Waals surface area contributed by atoms with Crippen molar-refractivity contribution in [2.24, 2.45) is 5.73 Å². The molecule has 0 unspecified atom stereocenters. The number of hydroxylamine groups is 1. The smallest absolute Gasteiger partial charge is 0.759 e. The first-order valence-corrected chi connectivity index (χ1v) is 5.24. The summed E-state index contributed by atoms with van der Waals surface area (Å²) >= 11 is 0. The summed E-state index contributed by atoms with van der Waals surface area (Å²) in [7, 11) is -9.80. The zero-order chi connectivity index (χ0) is 12.0. The second kappa shape index (κ2) is 8.64. The van der Waals surface area contributed by atoms with E-state index in [-0.39, 0.29) is 37.7 Å². The minimum atomic E-state index is -5.17. The number of carbonyl (C=O) groups is 1. The molecule has 11 nitrogen and oxygen atoms in total. The van der Waals surface area contributed by atoms with E-state index < -0.39 is 24.3 Å². The summed E-state index contributed by atoms with van der Waals surface area (Å²) in [6.07, 6.45) is 0. The predicted octanol–water partition coefficient (Wildman–Crippen LogP) is -3.04. The number of nitrogens with one attached hydrogen (secondary N) is 1. The van der Waals surface area contributed by atoms with E-state index in [0.717, 1.165) is 0 Å². The second-order valence-electron chi connectivity index (χ2n) is 1.46. The standard InChI is InChI=1S/CH5N2O5P.Ca.H2O4S/c2-1(4)3-8-9(5,6)7;;1-5(2,3)4/h(H3,2,3,4)(H2,5,6,7);;(H2,1,2,3,4)/q;+2;/p-2. The van der Waals surface area contributed by atoms with Crippen LogP contribution in [0.3, 0.4) is 0 Å². The molecule has 0 aliphatic heterocycles. The van der Waals surface area contributed by atoms with Gasteiger partial charge in [-0.1, -0.05) is 0 Å². The summed E-state index contributed by atoms with van der Waals surface area (Å²) in [5.41, 5.74) is 5.64. The molecule has 0 aliphatic rings. The molecule has 86 valence electrons. The summed E-state index contributed by atoms with van der Waals surface area (Å²) in [6, 6.07) is -1.17. The molecule has 0 aliphatic carbocycles. The van der Waals surface area contributed by atoms with Crippen molar-refractivity contribution in [2.75, 3.05) is 0 Å². The van der Waals surface area contributed by atoms with Crippen molar-refractivity contribution in [2.45, 2.75) is 0 Å². The van der Waals surface area contributed by atoms with Crippen LogP contribution >= 0.6 is 7.82 Å². The van der Waals surface area contributed by atoms with E-state index in [4.69, 9.17) is 27.3 Å². The molecule has 0 radical (unpaired) electrons. The third-order valence-electron chi connectivity index (χ3n) is 0.265. The first-order chi connectivity index (χ1) is 5.92. The van der Waals surface area contributed by atoms with Gasteiger partial charge in [-0.15, -0.1) is 0 Å². The molecule has 0 atom stereocenters. The molecular formula is CH5CaN2O9PS. The van der Waals surface area contributed by atoms with Gasteiger partial charge >= 0.3 is 51.6 Å². The van der Waals surface area contributed by atoms with E-state index in [1.165, 1.54) is 5.48 Å². The van der Waals surface area contributed by atoms with Crippen molar-refractivity contribution < 1.29 is 41.3 Å². The Labute approximate surface area is 114 Å². The Hall–Kier alpha value is 0.510. The van der Waals surface area contributed by atoms with Gasteiger partial charge in [-0.05, 0) is 0 Å². The quantitative estimate of drug-likeness (QED) is 0.134. The zero-order valence-electron chi connectivity index (χ0n) is 6.89. The maximum Gasteiger partial charge on any atom is 2.00 e. The topological polar surface area (TPSA) is 202 Å². The number of nitrogens with two attached hydrogens (primary N) is 1. The SMILES string of the molecule is NC(=O)NOP(=O)(O)O.O=S(=O)([O-])[O-].[Ca+2]. The summed E-state index contributed by atoms with van der Waals surface area (Å²) in [5.74, 6) is 0. The molecule has 0 saturated carbocycles. The molecule has 0 spiro atoms. The Balaban J connectivity index is -0.000000208. The number of rotatable bonds is 2. The van der Waals surface area contributed by atoms with E-state index >= 15 is 0 Å². The fourth-order valence-electron chi connectivity index (χ4n) is 0.104. The van der Waals surface area contributed by atoms with Crippen LogP contribution in [0.5, 0.6) is 0 Å². The van der Waals surface area contributed by atoms with Gasteiger partial charge in [-0.25, -0.2) is 14.8 Å². The third kappa shape index (κ3) is 53.6. The molecule has 2 amide bonds. The van der Waals surface area contributed by atoms with Gasteiger partial charge in [0, 0.05) is 10.4 Å². The number of urea groups is 1. The monoisotopic (exact) mass is 292 g/mol. The van der Waals surface area contributed by atoms with Gasteiger partial charge in [0.1, 0.15) is 0 Å². The van der Waals surface area contributed by atoms with Crippen LogP contribution in [0.4, 0.5) is 4.79 Å². The summed E-state index contributed by atoms with van der Waals surface area (Å²) < 4.78 is 47.3. The molecule has 0 fully saturated rings. The fourth-order valence-corrected chi connectivity index (χ4v) is 0.313. The number of hydrogen-bond acceptors (Lipinski definition) is 7. The Morgan fingerprint density at radius 2 is 1.67 bits per heavy atom. The van der Waals surface area contributed by atoms with Crippen LogP contribution in [0.25, 0.3) is 0 Å². The fraction of sp³-hybridized carbons (Fsp3) is 0. The molecule has 0 aromatic heterocycles. The Kier molecular flexibility index (Phi) is 12.0. The molecule has 15 heavy (non-hydrogen) atoms. The van der Waals surface area contributed by atoms with Gasteiger partial charge < -0.3 is 24.6 Å². The van der Waals surface area contributed by atoms with Crippen LogP contribution in [0, 0.1) is 0 Å². The minimum Gasteiger partial charge on any atom is -0.759 e. The van der Waals surface area contributed by atoms with Gasteiger partial charge in [-0.2, -0.15) is 4.62 Å². The van der Waals surface area contributed by atoms with Crippen molar-refractivity contribution >= 4 is 62.0 Å². The molecule has 0 aromatic carbocycles. The first kappa shape index (κ1) is 20.9. The number of primary amides is 1. The molecule has 14 heteroatoms. The van der Waals surface area contributed by atoms with Crippen molar-refractivity contribution in [3.05, 3.63) is 0 Å². The van der Waals surface area contributed by atoms with E-state index in [1.54, 1.807) is 0 Å². The van der Waals surface area contributed by atoms with Gasteiger partial charge in [0.2, 0.25) is 0 Å².